The minimum Gasteiger partial charge on any atom is -0.354 e. The van der Waals surface area contributed by atoms with Crippen LogP contribution in [0.5, 0.6) is 0 Å². The molecule has 1 aromatic carbocycles. The quantitative estimate of drug-likeness (QED) is 0.631. The minimum absolute atomic E-state index is 0.0319. The van der Waals surface area contributed by atoms with Crippen LogP contribution in [0.15, 0.2) is 64.1 Å². The second kappa shape index (κ2) is 5.93. The van der Waals surface area contributed by atoms with Crippen LogP contribution >= 0.6 is 0 Å². The van der Waals surface area contributed by atoms with Gasteiger partial charge in [0.05, 0.1) is 15.6 Å². The number of benzene rings is 1. The van der Waals surface area contributed by atoms with E-state index in [0.717, 1.165) is 25.0 Å². The molecular weight excluding hydrogens is 280 g/mol. The lowest BCUT2D eigenvalue weighted by Crippen LogP contribution is -2.21. The number of fused-ring (bicyclic) bond motifs is 1. The highest BCUT2D eigenvalue weighted by Crippen LogP contribution is 2.17. The Morgan fingerprint density at radius 2 is 1.91 bits per heavy atom. The van der Waals surface area contributed by atoms with Crippen molar-refractivity contribution in [3.8, 4) is 0 Å². The first kappa shape index (κ1) is 14.2. The summed E-state index contributed by atoms with van der Waals surface area (Å²) in [6.45, 7) is 3.16. The van der Waals surface area contributed by atoms with Gasteiger partial charge in [-0.3, -0.25) is 10.1 Å². The molecule has 1 aromatic rings. The van der Waals surface area contributed by atoms with Gasteiger partial charge in [-0.1, -0.05) is 13.3 Å². The molecule has 6 nitrogen and oxygen atoms in total. The van der Waals surface area contributed by atoms with Crippen LogP contribution in [0.1, 0.15) is 19.8 Å². The summed E-state index contributed by atoms with van der Waals surface area (Å²) in [6.07, 6.45) is 10.3. The maximum Gasteiger partial charge on any atom is 0.271 e. The summed E-state index contributed by atoms with van der Waals surface area (Å²) in [6, 6.07) is 4.54. The Hall–Kier alpha value is -2.76. The van der Waals surface area contributed by atoms with E-state index in [1.54, 1.807) is 6.07 Å². The number of nitro groups is 1. The fraction of sp³-hybridized carbons (Fsp3) is 0.250. The van der Waals surface area contributed by atoms with E-state index in [-0.39, 0.29) is 5.69 Å². The molecule has 0 bridgehead atoms. The van der Waals surface area contributed by atoms with Crippen LogP contribution in [-0.2, 0) is 0 Å². The Morgan fingerprint density at radius 1 is 1.18 bits per heavy atom. The number of nitro benzene ring substituents is 1. The van der Waals surface area contributed by atoms with Crippen molar-refractivity contribution in [1.29, 1.82) is 0 Å². The van der Waals surface area contributed by atoms with Crippen molar-refractivity contribution in [1.82, 2.24) is 4.90 Å². The van der Waals surface area contributed by atoms with Crippen molar-refractivity contribution in [3.05, 3.63) is 75.0 Å². The van der Waals surface area contributed by atoms with Crippen LogP contribution < -0.4 is 10.7 Å². The first-order chi connectivity index (χ1) is 10.7. The predicted molar refractivity (Wildman–Crippen MR) is 82.3 cm³/mol. The number of nitrogens with zero attached hydrogens (tertiary/aromatic N) is 4. The van der Waals surface area contributed by atoms with Gasteiger partial charge in [0.25, 0.3) is 5.69 Å². The summed E-state index contributed by atoms with van der Waals surface area (Å²) >= 11 is 0. The lowest BCUT2D eigenvalue weighted by molar-refractivity contribution is -0.385. The lowest BCUT2D eigenvalue weighted by atomic mass is 10.2. The molecule has 3 rings (SSSR count). The number of rotatable bonds is 4. The second-order valence-electron chi connectivity index (χ2n) is 5.16. The fourth-order valence-corrected chi connectivity index (χ4v) is 2.29. The third-order valence-electron chi connectivity index (χ3n) is 3.54. The van der Waals surface area contributed by atoms with E-state index in [1.165, 1.54) is 12.1 Å². The zero-order valence-electron chi connectivity index (χ0n) is 12.3. The van der Waals surface area contributed by atoms with E-state index in [4.69, 9.17) is 0 Å². The smallest absolute Gasteiger partial charge is 0.271 e. The molecular formula is C16H16N4O2. The van der Waals surface area contributed by atoms with E-state index < -0.39 is 4.92 Å². The molecule has 2 aliphatic rings. The first-order valence-electron chi connectivity index (χ1n) is 7.25. The molecule has 6 heteroatoms. The van der Waals surface area contributed by atoms with E-state index in [2.05, 4.69) is 21.8 Å². The number of allylic oxidation sites excluding steroid dienone is 3. The van der Waals surface area contributed by atoms with Gasteiger partial charge in [-0.15, -0.1) is 0 Å². The van der Waals surface area contributed by atoms with Gasteiger partial charge in [-0.05, 0) is 24.6 Å². The highest BCUT2D eigenvalue weighted by molar-refractivity contribution is 5.39. The van der Waals surface area contributed by atoms with Crippen LogP contribution in [0, 0.1) is 10.1 Å². The van der Waals surface area contributed by atoms with Crippen molar-refractivity contribution < 1.29 is 4.92 Å². The van der Waals surface area contributed by atoms with Crippen LogP contribution in [0.4, 0.5) is 5.69 Å². The summed E-state index contributed by atoms with van der Waals surface area (Å²) in [5.41, 5.74) is 0.941. The number of hydrogen-bond acceptors (Lipinski definition) is 5. The van der Waals surface area contributed by atoms with Gasteiger partial charge in [0.15, 0.2) is 5.82 Å². The van der Waals surface area contributed by atoms with Gasteiger partial charge in [0.2, 0.25) is 0 Å². The highest BCUT2D eigenvalue weighted by Gasteiger charge is 2.12. The van der Waals surface area contributed by atoms with Gasteiger partial charge in [-0.2, -0.15) is 0 Å². The van der Waals surface area contributed by atoms with Gasteiger partial charge in [0, 0.05) is 36.7 Å². The Balaban J connectivity index is 1.88. The maximum atomic E-state index is 10.8. The minimum atomic E-state index is -0.424. The zero-order valence-corrected chi connectivity index (χ0v) is 12.3. The standard InChI is InChI=1S/C16H16N4O2/c1-2-3-8-19-9-6-12(7-10-19)16-17-14-5-4-13(20(21)22)11-15(14)18-16/h4-7,9-11H,2-3,8H2,1H3. The Morgan fingerprint density at radius 3 is 2.59 bits per heavy atom. The number of unbranched alkanes of at least 4 members (excludes halogenated alkanes) is 1. The van der Waals surface area contributed by atoms with Crippen molar-refractivity contribution >= 4 is 5.69 Å². The van der Waals surface area contributed by atoms with E-state index in [9.17, 15) is 10.1 Å². The van der Waals surface area contributed by atoms with E-state index in [0.29, 0.717) is 16.5 Å². The highest BCUT2D eigenvalue weighted by atomic mass is 16.6. The lowest BCUT2D eigenvalue weighted by Gasteiger charge is -2.18. The summed E-state index contributed by atoms with van der Waals surface area (Å²) in [5.74, 6) is 0.595. The van der Waals surface area contributed by atoms with Crippen LogP contribution in [0.2, 0.25) is 0 Å². The second-order valence-corrected chi connectivity index (χ2v) is 5.16. The fourth-order valence-electron chi connectivity index (χ4n) is 2.29. The van der Waals surface area contributed by atoms with E-state index in [1.807, 2.05) is 24.6 Å². The van der Waals surface area contributed by atoms with Gasteiger partial charge in [-0.25, -0.2) is 9.98 Å². The van der Waals surface area contributed by atoms with Gasteiger partial charge >= 0.3 is 0 Å². The maximum absolute atomic E-state index is 10.8. The zero-order chi connectivity index (χ0) is 15.5. The Kier molecular flexibility index (Phi) is 3.82. The molecule has 0 aliphatic carbocycles. The molecule has 2 aliphatic heterocycles. The summed E-state index contributed by atoms with van der Waals surface area (Å²) < 4.78 is 0. The molecule has 0 radical (unpaired) electrons. The number of hydrogen-bond donors (Lipinski definition) is 0. The third kappa shape index (κ3) is 2.81. The molecule has 0 saturated carbocycles. The Bertz CT molecular complexity index is 805. The molecule has 0 unspecified atom stereocenters. The van der Waals surface area contributed by atoms with Crippen molar-refractivity contribution in [2.45, 2.75) is 19.8 Å². The van der Waals surface area contributed by atoms with Crippen molar-refractivity contribution in [2.24, 2.45) is 9.98 Å². The average Bonchev–Trinajstić information content (AvgIpc) is 2.96. The van der Waals surface area contributed by atoms with E-state index >= 15 is 0 Å². The van der Waals surface area contributed by atoms with Gasteiger partial charge in [0.1, 0.15) is 0 Å². The largest absolute Gasteiger partial charge is 0.354 e. The topological polar surface area (TPSA) is 71.1 Å². The van der Waals surface area contributed by atoms with Crippen LogP contribution in [0.25, 0.3) is 0 Å². The molecule has 112 valence electrons. The molecule has 0 spiro atoms. The predicted octanol–water partition coefficient (Wildman–Crippen LogP) is 2.20. The molecule has 0 amide bonds. The summed E-state index contributed by atoms with van der Waals surface area (Å²) in [7, 11) is 0. The molecule has 0 fully saturated rings. The van der Waals surface area contributed by atoms with Crippen LogP contribution in [0.3, 0.4) is 0 Å². The summed E-state index contributed by atoms with van der Waals surface area (Å²) in [5, 5.41) is 12.0. The monoisotopic (exact) mass is 296 g/mol. The molecule has 0 N–H and O–H groups in total. The molecule has 0 atom stereocenters. The summed E-state index contributed by atoms with van der Waals surface area (Å²) in [4.78, 5) is 21.3. The first-order valence-corrected chi connectivity index (χ1v) is 7.25. The van der Waals surface area contributed by atoms with Crippen molar-refractivity contribution in [3.63, 3.8) is 0 Å². The molecule has 0 aromatic heterocycles. The molecule has 22 heavy (non-hydrogen) atoms. The van der Waals surface area contributed by atoms with Crippen LogP contribution in [-0.4, -0.2) is 16.4 Å². The average molecular weight is 296 g/mol. The molecule has 2 heterocycles. The third-order valence-corrected chi connectivity index (χ3v) is 3.54. The van der Waals surface area contributed by atoms with Crippen molar-refractivity contribution in [2.75, 3.05) is 6.54 Å². The SMILES string of the molecule is CCCCN1C=CC(=C2N=c3ccc([N+](=O)[O-])cc3=N2)C=C1. The molecule has 0 saturated heterocycles. The number of non-ortho nitro benzene ring substituents is 1. The van der Waals surface area contributed by atoms with Gasteiger partial charge < -0.3 is 4.90 Å². The Labute approximate surface area is 127 Å². The normalized spacial score (nSPS) is 15.6.